The van der Waals surface area contributed by atoms with Gasteiger partial charge in [0, 0.05) is 53.2 Å². The van der Waals surface area contributed by atoms with Crippen LogP contribution in [-0.2, 0) is 22.6 Å². The van der Waals surface area contributed by atoms with E-state index in [4.69, 9.17) is 0 Å². The zero-order chi connectivity index (χ0) is 26.5. The zero-order valence-electron chi connectivity index (χ0n) is 21.7. The molecule has 4 aromatic rings. The third kappa shape index (κ3) is 4.38. The lowest BCUT2D eigenvalue weighted by Gasteiger charge is -2.49. The first kappa shape index (κ1) is 24.6. The minimum atomic E-state index is -0.492. The van der Waals surface area contributed by atoms with Crippen LogP contribution in [0.15, 0.2) is 83.3 Å². The van der Waals surface area contributed by atoms with Gasteiger partial charge in [-0.1, -0.05) is 76.6 Å². The predicted molar refractivity (Wildman–Crippen MR) is 155 cm³/mol. The number of carbonyl (C=O) groups is 2. The van der Waals surface area contributed by atoms with E-state index < -0.39 is 6.04 Å². The Morgan fingerprint density at radius 1 is 0.872 bits per heavy atom. The molecule has 2 amide bonds. The number of piperazine rings is 1. The third-order valence-corrected chi connectivity index (χ3v) is 9.25. The Balaban J connectivity index is 1.18. The summed E-state index contributed by atoms with van der Waals surface area (Å²) < 4.78 is 0.987. The van der Waals surface area contributed by atoms with Crippen molar-refractivity contribution in [2.75, 3.05) is 19.6 Å². The van der Waals surface area contributed by atoms with Crippen molar-refractivity contribution in [2.45, 2.75) is 43.9 Å². The zero-order valence-corrected chi connectivity index (χ0v) is 23.3. The van der Waals surface area contributed by atoms with Crippen molar-refractivity contribution in [1.29, 1.82) is 0 Å². The molecule has 6 nitrogen and oxygen atoms in total. The lowest BCUT2D eigenvalue weighted by Crippen LogP contribution is -2.65. The number of hydrogen-bond donors (Lipinski definition) is 1. The van der Waals surface area contributed by atoms with Crippen LogP contribution in [0.3, 0.4) is 0 Å². The number of piperidine rings is 1. The first-order valence-corrected chi connectivity index (χ1v) is 14.6. The maximum atomic E-state index is 14.2. The van der Waals surface area contributed by atoms with Crippen LogP contribution < -0.4 is 0 Å². The monoisotopic (exact) mass is 582 g/mol. The van der Waals surface area contributed by atoms with E-state index in [-0.39, 0.29) is 30.4 Å². The molecule has 0 spiro atoms. The van der Waals surface area contributed by atoms with E-state index in [0.717, 1.165) is 64.7 Å². The fourth-order valence-electron chi connectivity index (χ4n) is 6.82. The van der Waals surface area contributed by atoms with Crippen LogP contribution in [0.25, 0.3) is 10.9 Å². The van der Waals surface area contributed by atoms with Gasteiger partial charge in [0.25, 0.3) is 0 Å². The van der Waals surface area contributed by atoms with Gasteiger partial charge >= 0.3 is 0 Å². The number of carbonyl (C=O) groups excluding carboxylic acids is 2. The number of fused-ring (bicyclic) bond motifs is 4. The molecule has 3 aliphatic rings. The highest BCUT2D eigenvalue weighted by Gasteiger charge is 2.49. The molecule has 2 fully saturated rings. The van der Waals surface area contributed by atoms with Gasteiger partial charge in [0.15, 0.2) is 0 Å². The number of aromatic amines is 1. The lowest BCUT2D eigenvalue weighted by molar-refractivity contribution is -0.161. The Hall–Kier alpha value is -3.42. The summed E-state index contributed by atoms with van der Waals surface area (Å²) in [5, 5.41) is 1.14. The first-order valence-electron chi connectivity index (χ1n) is 13.8. The summed E-state index contributed by atoms with van der Waals surface area (Å²) in [6.45, 7) is 2.94. The number of nitrogens with one attached hydrogen (secondary N) is 1. The van der Waals surface area contributed by atoms with Crippen molar-refractivity contribution in [3.63, 3.8) is 0 Å². The fraction of sp³-hybridized carbons (Fsp3) is 0.312. The van der Waals surface area contributed by atoms with Gasteiger partial charge in [0.1, 0.15) is 12.6 Å². The molecule has 1 aromatic heterocycles. The van der Waals surface area contributed by atoms with Gasteiger partial charge in [0.2, 0.25) is 11.8 Å². The van der Waals surface area contributed by atoms with Crippen LogP contribution in [-0.4, -0.2) is 63.2 Å². The molecule has 1 N–H and O–H groups in total. The number of rotatable bonds is 4. The number of amides is 2. The summed E-state index contributed by atoms with van der Waals surface area (Å²) in [7, 11) is 0. The molecule has 2 atom stereocenters. The van der Waals surface area contributed by atoms with Crippen molar-refractivity contribution in [3.8, 4) is 0 Å². The van der Waals surface area contributed by atoms with Gasteiger partial charge in [-0.15, -0.1) is 0 Å². The van der Waals surface area contributed by atoms with Crippen molar-refractivity contribution in [2.24, 2.45) is 0 Å². The Morgan fingerprint density at radius 2 is 1.59 bits per heavy atom. The van der Waals surface area contributed by atoms with Gasteiger partial charge in [-0.2, -0.15) is 0 Å². The molecule has 3 aliphatic heterocycles. The molecule has 198 valence electrons. The maximum absolute atomic E-state index is 14.2. The highest BCUT2D eigenvalue weighted by molar-refractivity contribution is 9.10. The second-order valence-electron chi connectivity index (χ2n) is 11.0. The van der Waals surface area contributed by atoms with Crippen molar-refractivity contribution >= 4 is 38.6 Å². The highest BCUT2D eigenvalue weighted by atomic mass is 79.9. The molecule has 0 aliphatic carbocycles. The highest BCUT2D eigenvalue weighted by Crippen LogP contribution is 2.43. The topological polar surface area (TPSA) is 59.7 Å². The van der Waals surface area contributed by atoms with E-state index in [1.807, 2.05) is 40.1 Å². The largest absolute Gasteiger partial charge is 0.356 e. The number of aromatic nitrogens is 1. The smallest absolute Gasteiger partial charge is 0.246 e. The lowest BCUT2D eigenvalue weighted by atomic mass is 9.85. The van der Waals surface area contributed by atoms with Crippen LogP contribution in [0, 0.1) is 0 Å². The number of H-pyrrole nitrogens is 1. The summed E-state index contributed by atoms with van der Waals surface area (Å²) >= 11 is 3.54. The summed E-state index contributed by atoms with van der Waals surface area (Å²) in [5.41, 5.74) is 5.55. The second-order valence-corrected chi connectivity index (χ2v) is 11.9. The normalized spacial score (nSPS) is 22.3. The second kappa shape index (κ2) is 9.96. The Labute approximate surface area is 236 Å². The van der Waals surface area contributed by atoms with Crippen molar-refractivity contribution in [1.82, 2.24) is 19.7 Å². The summed E-state index contributed by atoms with van der Waals surface area (Å²) in [5.74, 6) is 0.123. The van der Waals surface area contributed by atoms with E-state index in [2.05, 4.69) is 74.3 Å². The van der Waals surface area contributed by atoms with Crippen LogP contribution in [0.1, 0.15) is 41.3 Å². The molecular formula is C32H31BrN4O2. The third-order valence-electron chi connectivity index (χ3n) is 8.73. The maximum Gasteiger partial charge on any atom is 0.246 e. The molecule has 4 heterocycles. The molecule has 39 heavy (non-hydrogen) atoms. The standard InChI is InChI=1S/C32H31BrN4O2/c33-23-12-10-22(11-13-23)31-30-26(25-8-4-5-9-27(25)34-30)18-28-32(39)36(20-29(38)37(28)31)24-14-16-35(17-15-24)19-21-6-2-1-3-7-21/h1-13,24,28,31,34H,14-20H2/t28-,31+/m1/s1. The quantitative estimate of drug-likeness (QED) is 0.356. The van der Waals surface area contributed by atoms with Crippen molar-refractivity contribution < 1.29 is 9.59 Å². The average molecular weight is 584 g/mol. The van der Waals surface area contributed by atoms with Crippen LogP contribution in [0.4, 0.5) is 0 Å². The summed E-state index contributed by atoms with van der Waals surface area (Å²) in [4.78, 5) is 37.9. The fourth-order valence-corrected chi connectivity index (χ4v) is 7.08. The Bertz CT molecular complexity index is 1530. The minimum Gasteiger partial charge on any atom is -0.356 e. The van der Waals surface area contributed by atoms with Crippen LogP contribution >= 0.6 is 15.9 Å². The molecule has 0 saturated carbocycles. The number of nitrogens with zero attached hydrogens (tertiary/aromatic N) is 3. The molecule has 7 rings (SSSR count). The van der Waals surface area contributed by atoms with Gasteiger partial charge in [0.05, 0.1) is 6.04 Å². The molecule has 0 unspecified atom stereocenters. The van der Waals surface area contributed by atoms with E-state index in [0.29, 0.717) is 6.42 Å². The Morgan fingerprint density at radius 3 is 2.36 bits per heavy atom. The van der Waals surface area contributed by atoms with E-state index in [1.54, 1.807) is 0 Å². The number of halogens is 1. The van der Waals surface area contributed by atoms with Gasteiger partial charge in [-0.05, 0) is 47.7 Å². The van der Waals surface area contributed by atoms with Gasteiger partial charge < -0.3 is 14.8 Å². The van der Waals surface area contributed by atoms with Gasteiger partial charge in [-0.3, -0.25) is 14.5 Å². The van der Waals surface area contributed by atoms with E-state index in [1.165, 1.54) is 5.56 Å². The molecule has 0 bridgehead atoms. The molecular weight excluding hydrogens is 552 g/mol. The SMILES string of the molecule is O=C1[C@H]2Cc3c([nH]c4ccccc34)[C@H](c3ccc(Br)cc3)N2C(=O)CN1C1CCN(Cc2ccccc2)CC1. The average Bonchev–Trinajstić information content (AvgIpc) is 3.34. The van der Waals surface area contributed by atoms with Crippen LogP contribution in [0.2, 0.25) is 0 Å². The summed E-state index contributed by atoms with van der Waals surface area (Å²) in [6.07, 6.45) is 2.33. The Kier molecular flexibility index (Phi) is 6.28. The molecule has 2 saturated heterocycles. The molecule has 0 radical (unpaired) electrons. The number of hydrogen-bond acceptors (Lipinski definition) is 3. The van der Waals surface area contributed by atoms with E-state index >= 15 is 0 Å². The van der Waals surface area contributed by atoms with Gasteiger partial charge in [-0.25, -0.2) is 0 Å². The number of likely N-dealkylation sites (tertiary alicyclic amines) is 1. The number of benzene rings is 3. The van der Waals surface area contributed by atoms with E-state index in [9.17, 15) is 9.59 Å². The van der Waals surface area contributed by atoms with Crippen LogP contribution in [0.5, 0.6) is 0 Å². The molecule has 7 heteroatoms. The number of para-hydroxylation sites is 1. The molecule has 3 aromatic carbocycles. The first-order chi connectivity index (χ1) is 19.1. The summed E-state index contributed by atoms with van der Waals surface area (Å²) in [6, 6.07) is 26.2. The minimum absolute atomic E-state index is 0.0311. The van der Waals surface area contributed by atoms with Crippen molar-refractivity contribution in [3.05, 3.63) is 106 Å². The predicted octanol–water partition coefficient (Wildman–Crippen LogP) is 5.28.